The molecule has 140 valence electrons. The first kappa shape index (κ1) is 18.4. The van der Waals surface area contributed by atoms with Crippen molar-refractivity contribution in [3.8, 4) is 5.75 Å². The zero-order valence-corrected chi connectivity index (χ0v) is 14.7. The first-order valence-electron chi connectivity index (χ1n) is 8.41. The fourth-order valence-electron chi connectivity index (χ4n) is 3.23. The highest BCUT2D eigenvalue weighted by Gasteiger charge is 2.37. The van der Waals surface area contributed by atoms with Crippen LogP contribution in [-0.4, -0.2) is 31.3 Å². The van der Waals surface area contributed by atoms with Crippen molar-refractivity contribution in [2.75, 3.05) is 14.2 Å². The summed E-state index contributed by atoms with van der Waals surface area (Å²) in [4.78, 5) is 12.6. The Bertz CT molecular complexity index is 769. The van der Waals surface area contributed by atoms with Crippen molar-refractivity contribution in [3.63, 3.8) is 0 Å². The van der Waals surface area contributed by atoms with Crippen molar-refractivity contribution >= 4 is 5.91 Å². The number of carbonyl (C=O) groups excluding carboxylic acids is 1. The summed E-state index contributed by atoms with van der Waals surface area (Å²) in [7, 11) is 3.03. The summed E-state index contributed by atoms with van der Waals surface area (Å²) in [5, 5.41) is 12.6. The van der Waals surface area contributed by atoms with Crippen molar-refractivity contribution in [2.45, 2.75) is 31.6 Å². The zero-order valence-electron chi connectivity index (χ0n) is 14.7. The Morgan fingerprint density at radius 2 is 2.12 bits per heavy atom. The summed E-state index contributed by atoms with van der Waals surface area (Å²) in [5.74, 6) is 0.329. The number of furan rings is 1. The lowest BCUT2D eigenvalue weighted by atomic mass is 9.75. The van der Waals surface area contributed by atoms with Crippen LogP contribution >= 0.6 is 0 Å². The molecule has 7 heteroatoms. The van der Waals surface area contributed by atoms with Crippen molar-refractivity contribution < 1.29 is 28.2 Å². The molecule has 1 amide bonds. The lowest BCUT2D eigenvalue weighted by Gasteiger charge is -2.38. The molecule has 1 heterocycles. The number of hydrogen-bond donors (Lipinski definition) is 2. The van der Waals surface area contributed by atoms with Gasteiger partial charge in [-0.25, -0.2) is 4.39 Å². The molecule has 0 aliphatic heterocycles. The lowest BCUT2D eigenvalue weighted by molar-refractivity contribution is 0.0227. The smallest absolute Gasteiger partial charge is 0.287 e. The molecular formula is C19H22FNO5. The van der Waals surface area contributed by atoms with Crippen LogP contribution in [0.15, 0.2) is 34.7 Å². The number of ether oxygens (including phenoxy) is 2. The molecule has 6 nitrogen and oxygen atoms in total. The van der Waals surface area contributed by atoms with Crippen molar-refractivity contribution in [3.05, 3.63) is 53.2 Å². The van der Waals surface area contributed by atoms with Crippen LogP contribution < -0.4 is 10.1 Å². The number of halogens is 1. The van der Waals surface area contributed by atoms with E-state index in [2.05, 4.69) is 5.32 Å². The van der Waals surface area contributed by atoms with Crippen LogP contribution in [0.5, 0.6) is 5.75 Å². The van der Waals surface area contributed by atoms with E-state index in [4.69, 9.17) is 13.9 Å². The van der Waals surface area contributed by atoms with Gasteiger partial charge >= 0.3 is 0 Å². The van der Waals surface area contributed by atoms with E-state index in [1.807, 2.05) is 0 Å². The standard InChI is InChI=1S/C19H22FNO5/c1-24-10-14-4-6-17(26-14)19(23)21-18(11-7-13(22)8-11)15-9-12(20)3-5-16(15)25-2/h3-6,9,11,13,18,22H,7-8,10H2,1-2H3,(H,21,23)/t11?,13?,18-/m0/s1. The maximum absolute atomic E-state index is 13.8. The number of carbonyl (C=O) groups is 1. The van der Waals surface area contributed by atoms with Crippen molar-refractivity contribution in [2.24, 2.45) is 5.92 Å². The van der Waals surface area contributed by atoms with Gasteiger partial charge in [-0.15, -0.1) is 0 Å². The van der Waals surface area contributed by atoms with E-state index in [9.17, 15) is 14.3 Å². The highest BCUT2D eigenvalue weighted by Crippen LogP contribution is 2.41. The normalized spacial score (nSPS) is 20.3. The topological polar surface area (TPSA) is 80.9 Å². The molecule has 3 rings (SSSR count). The monoisotopic (exact) mass is 363 g/mol. The summed E-state index contributed by atoms with van der Waals surface area (Å²) >= 11 is 0. The summed E-state index contributed by atoms with van der Waals surface area (Å²) in [6.07, 6.45) is 0.644. The molecule has 1 aliphatic rings. The molecule has 0 bridgehead atoms. The van der Waals surface area contributed by atoms with E-state index in [1.54, 1.807) is 12.1 Å². The van der Waals surface area contributed by atoms with Crippen LogP contribution in [0.3, 0.4) is 0 Å². The average molecular weight is 363 g/mol. The SMILES string of the molecule is COCc1ccc(C(=O)N[C@H](c2cc(F)ccc2OC)C2CC(O)C2)o1. The second kappa shape index (κ2) is 7.88. The first-order valence-corrected chi connectivity index (χ1v) is 8.41. The summed E-state index contributed by atoms with van der Waals surface area (Å²) in [6, 6.07) is 6.94. The Morgan fingerprint density at radius 1 is 1.35 bits per heavy atom. The summed E-state index contributed by atoms with van der Waals surface area (Å²) < 4.78 is 29.6. The van der Waals surface area contributed by atoms with E-state index in [1.165, 1.54) is 32.4 Å². The largest absolute Gasteiger partial charge is 0.496 e. The Hall–Kier alpha value is -2.38. The zero-order chi connectivity index (χ0) is 18.7. The molecule has 0 unspecified atom stereocenters. The van der Waals surface area contributed by atoms with Gasteiger partial charge in [0.2, 0.25) is 0 Å². The van der Waals surface area contributed by atoms with Gasteiger partial charge in [0.25, 0.3) is 5.91 Å². The minimum atomic E-state index is -0.493. The highest BCUT2D eigenvalue weighted by atomic mass is 19.1. The number of rotatable bonds is 7. The van der Waals surface area contributed by atoms with Crippen molar-refractivity contribution in [1.29, 1.82) is 0 Å². The molecule has 0 spiro atoms. The fraction of sp³-hybridized carbons (Fsp3) is 0.421. The van der Waals surface area contributed by atoms with Gasteiger partial charge in [-0.3, -0.25) is 4.79 Å². The molecule has 2 aromatic rings. The van der Waals surface area contributed by atoms with Crippen LogP contribution in [0, 0.1) is 11.7 Å². The number of methoxy groups -OCH3 is 2. The molecule has 1 saturated carbocycles. The molecule has 1 atom stereocenters. The number of nitrogens with one attached hydrogen (secondary N) is 1. The second-order valence-corrected chi connectivity index (χ2v) is 6.42. The summed E-state index contributed by atoms with van der Waals surface area (Å²) in [5.41, 5.74) is 0.543. The van der Waals surface area contributed by atoms with Crippen molar-refractivity contribution in [1.82, 2.24) is 5.32 Å². The van der Waals surface area contributed by atoms with E-state index in [-0.39, 0.29) is 18.3 Å². The first-order chi connectivity index (χ1) is 12.5. The van der Waals surface area contributed by atoms with Gasteiger partial charge in [0, 0.05) is 12.7 Å². The quantitative estimate of drug-likeness (QED) is 0.791. The molecule has 0 radical (unpaired) electrons. The maximum Gasteiger partial charge on any atom is 0.287 e. The predicted octanol–water partition coefficient (Wildman–Crippen LogP) is 2.82. The second-order valence-electron chi connectivity index (χ2n) is 6.42. The lowest BCUT2D eigenvalue weighted by Crippen LogP contribution is -2.41. The van der Waals surface area contributed by atoms with Gasteiger partial charge in [0.15, 0.2) is 5.76 Å². The highest BCUT2D eigenvalue weighted by molar-refractivity contribution is 5.91. The number of amides is 1. The van der Waals surface area contributed by atoms with Crippen LogP contribution in [0.25, 0.3) is 0 Å². The third-order valence-corrected chi connectivity index (χ3v) is 4.61. The molecule has 1 aromatic carbocycles. The third kappa shape index (κ3) is 3.89. The minimum Gasteiger partial charge on any atom is -0.496 e. The van der Waals surface area contributed by atoms with Gasteiger partial charge in [0.05, 0.1) is 19.3 Å². The van der Waals surface area contributed by atoms with Gasteiger partial charge in [-0.1, -0.05) is 0 Å². The van der Waals surface area contributed by atoms with Crippen LogP contribution in [0.1, 0.15) is 40.8 Å². The molecule has 0 saturated heterocycles. The molecular weight excluding hydrogens is 341 g/mol. The molecule has 1 fully saturated rings. The Morgan fingerprint density at radius 3 is 2.77 bits per heavy atom. The van der Waals surface area contributed by atoms with Gasteiger partial charge in [-0.05, 0) is 49.1 Å². The van der Waals surface area contributed by atoms with Crippen LogP contribution in [0.2, 0.25) is 0 Å². The van der Waals surface area contributed by atoms with E-state index in [0.29, 0.717) is 29.9 Å². The minimum absolute atomic E-state index is 0.0157. The van der Waals surface area contributed by atoms with Gasteiger partial charge in [0.1, 0.15) is 23.9 Å². The Kier molecular flexibility index (Phi) is 5.58. The number of benzene rings is 1. The molecule has 2 N–H and O–H groups in total. The predicted molar refractivity (Wildman–Crippen MR) is 91.3 cm³/mol. The molecule has 1 aliphatic carbocycles. The van der Waals surface area contributed by atoms with Crippen LogP contribution in [-0.2, 0) is 11.3 Å². The Labute approximate surface area is 150 Å². The van der Waals surface area contributed by atoms with E-state index < -0.39 is 23.9 Å². The average Bonchev–Trinajstić information content (AvgIpc) is 3.06. The van der Waals surface area contributed by atoms with Gasteiger partial charge < -0.3 is 24.3 Å². The number of aliphatic hydroxyl groups excluding tert-OH is 1. The van der Waals surface area contributed by atoms with E-state index in [0.717, 1.165) is 0 Å². The Balaban J connectivity index is 1.85. The number of hydrogen-bond acceptors (Lipinski definition) is 5. The molecule has 26 heavy (non-hydrogen) atoms. The third-order valence-electron chi connectivity index (χ3n) is 4.61. The maximum atomic E-state index is 13.8. The number of aliphatic hydroxyl groups is 1. The fourth-order valence-corrected chi connectivity index (χ4v) is 3.23. The van der Waals surface area contributed by atoms with Crippen LogP contribution in [0.4, 0.5) is 4.39 Å². The van der Waals surface area contributed by atoms with Gasteiger partial charge in [-0.2, -0.15) is 0 Å². The summed E-state index contributed by atoms with van der Waals surface area (Å²) in [6.45, 7) is 0.267. The van der Waals surface area contributed by atoms with E-state index >= 15 is 0 Å². The molecule has 1 aromatic heterocycles.